The predicted octanol–water partition coefficient (Wildman–Crippen LogP) is 3.86. The topological polar surface area (TPSA) is 49.3 Å². The van der Waals surface area contributed by atoms with E-state index in [1.54, 1.807) is 6.07 Å². The smallest absolute Gasteiger partial charge is 0.230 e. The zero-order chi connectivity index (χ0) is 14.6. The van der Waals surface area contributed by atoms with Crippen LogP contribution in [0, 0.1) is 30.1 Å². The first kappa shape index (κ1) is 13.2. The van der Waals surface area contributed by atoms with Gasteiger partial charge in [0, 0.05) is 0 Å². The maximum atomic E-state index is 12.9. The van der Waals surface area contributed by atoms with Crippen LogP contribution < -0.4 is 5.32 Å². The summed E-state index contributed by atoms with van der Waals surface area (Å²) in [7, 11) is 0. The van der Waals surface area contributed by atoms with Crippen molar-refractivity contribution in [2.24, 2.45) is 23.2 Å². The number of rotatable bonds is 2. The van der Waals surface area contributed by atoms with Gasteiger partial charge in [0.05, 0.1) is 11.1 Å². The van der Waals surface area contributed by atoms with Gasteiger partial charge in [-0.2, -0.15) is 0 Å². The van der Waals surface area contributed by atoms with Gasteiger partial charge >= 0.3 is 0 Å². The summed E-state index contributed by atoms with van der Waals surface area (Å²) in [6.45, 7) is 1.93. The molecule has 0 saturated heterocycles. The molecule has 0 radical (unpaired) electrons. The summed E-state index contributed by atoms with van der Waals surface area (Å²) in [5, 5.41) is 13.0. The number of aryl methyl sites for hydroxylation is 1. The van der Waals surface area contributed by atoms with Gasteiger partial charge in [-0.3, -0.25) is 4.79 Å². The van der Waals surface area contributed by atoms with Crippen molar-refractivity contribution in [2.45, 2.75) is 45.4 Å². The van der Waals surface area contributed by atoms with Crippen LogP contribution in [0.5, 0.6) is 5.75 Å². The monoisotopic (exact) mass is 285 g/mol. The Morgan fingerprint density at radius 3 is 2.24 bits per heavy atom. The molecule has 4 saturated carbocycles. The molecular weight excluding hydrogens is 262 g/mol. The van der Waals surface area contributed by atoms with Gasteiger partial charge in [0.1, 0.15) is 5.75 Å². The second-order valence-corrected chi connectivity index (χ2v) is 7.67. The van der Waals surface area contributed by atoms with Crippen LogP contribution in [0.4, 0.5) is 5.69 Å². The van der Waals surface area contributed by atoms with Gasteiger partial charge in [-0.15, -0.1) is 0 Å². The first-order chi connectivity index (χ1) is 10.0. The molecule has 4 aliphatic rings. The van der Waals surface area contributed by atoms with E-state index in [0.29, 0.717) is 5.69 Å². The maximum absolute atomic E-state index is 12.9. The predicted molar refractivity (Wildman–Crippen MR) is 82.1 cm³/mol. The quantitative estimate of drug-likeness (QED) is 0.811. The van der Waals surface area contributed by atoms with Crippen molar-refractivity contribution in [1.29, 1.82) is 0 Å². The van der Waals surface area contributed by atoms with Gasteiger partial charge in [-0.25, -0.2) is 0 Å². The Hall–Kier alpha value is -1.51. The largest absolute Gasteiger partial charge is 0.506 e. The summed E-state index contributed by atoms with van der Waals surface area (Å²) in [6, 6.07) is 5.44. The Bertz CT molecular complexity index is 558. The average Bonchev–Trinajstić information content (AvgIpc) is 2.40. The van der Waals surface area contributed by atoms with Crippen molar-refractivity contribution < 1.29 is 9.90 Å². The van der Waals surface area contributed by atoms with Crippen LogP contribution in [0.3, 0.4) is 0 Å². The Balaban J connectivity index is 1.57. The average molecular weight is 285 g/mol. The van der Waals surface area contributed by atoms with Crippen molar-refractivity contribution in [1.82, 2.24) is 0 Å². The van der Waals surface area contributed by atoms with Gasteiger partial charge in [0.2, 0.25) is 5.91 Å². The summed E-state index contributed by atoms with van der Waals surface area (Å²) in [6.07, 6.45) is 7.17. The SMILES string of the molecule is Cc1ccc(NC(=O)C23CC4CC(CC(C4)C2)C3)c(O)c1. The van der Waals surface area contributed by atoms with Crippen LogP contribution in [0.15, 0.2) is 18.2 Å². The van der Waals surface area contributed by atoms with Gasteiger partial charge in [-0.1, -0.05) is 6.07 Å². The number of amides is 1. The summed E-state index contributed by atoms with van der Waals surface area (Å²) in [4.78, 5) is 12.9. The lowest BCUT2D eigenvalue weighted by Crippen LogP contribution is -2.51. The minimum atomic E-state index is -0.161. The molecule has 1 aromatic rings. The number of benzene rings is 1. The number of carbonyl (C=O) groups is 1. The van der Waals surface area contributed by atoms with E-state index < -0.39 is 0 Å². The lowest BCUT2D eigenvalue weighted by Gasteiger charge is -2.55. The van der Waals surface area contributed by atoms with E-state index in [1.807, 2.05) is 19.1 Å². The number of hydrogen-bond acceptors (Lipinski definition) is 2. The second-order valence-electron chi connectivity index (χ2n) is 7.67. The number of aromatic hydroxyl groups is 1. The van der Waals surface area contributed by atoms with E-state index >= 15 is 0 Å². The van der Waals surface area contributed by atoms with Gasteiger partial charge in [-0.05, 0) is 80.9 Å². The Morgan fingerprint density at radius 1 is 1.14 bits per heavy atom. The zero-order valence-electron chi connectivity index (χ0n) is 12.6. The van der Waals surface area contributed by atoms with Crippen LogP contribution in [0.2, 0.25) is 0 Å². The molecular formula is C18H23NO2. The first-order valence-electron chi connectivity index (χ1n) is 8.15. The molecule has 112 valence electrons. The maximum Gasteiger partial charge on any atom is 0.230 e. The van der Waals surface area contributed by atoms with Crippen LogP contribution in [-0.4, -0.2) is 11.0 Å². The van der Waals surface area contributed by atoms with Crippen molar-refractivity contribution in [3.63, 3.8) is 0 Å². The zero-order valence-corrected chi connectivity index (χ0v) is 12.6. The molecule has 0 spiro atoms. The molecule has 4 aliphatic carbocycles. The van der Waals surface area contributed by atoms with E-state index in [2.05, 4.69) is 5.32 Å². The fourth-order valence-electron chi connectivity index (χ4n) is 5.39. The highest BCUT2D eigenvalue weighted by molar-refractivity contribution is 5.96. The lowest BCUT2D eigenvalue weighted by atomic mass is 9.49. The van der Waals surface area contributed by atoms with E-state index in [0.717, 1.165) is 42.6 Å². The van der Waals surface area contributed by atoms with Crippen LogP contribution in [0.25, 0.3) is 0 Å². The molecule has 0 aromatic heterocycles. The number of nitrogens with one attached hydrogen (secondary N) is 1. The van der Waals surface area contributed by atoms with Gasteiger partial charge < -0.3 is 10.4 Å². The number of phenolic OH excluding ortho intramolecular Hbond substituents is 1. The number of hydrogen-bond donors (Lipinski definition) is 2. The molecule has 1 aromatic carbocycles. The van der Waals surface area contributed by atoms with Crippen molar-refractivity contribution in [3.8, 4) is 5.75 Å². The minimum Gasteiger partial charge on any atom is -0.506 e. The molecule has 0 unspecified atom stereocenters. The molecule has 0 aliphatic heterocycles. The molecule has 2 N–H and O–H groups in total. The third kappa shape index (κ3) is 2.14. The van der Waals surface area contributed by atoms with Gasteiger partial charge in [0.15, 0.2) is 0 Å². The van der Waals surface area contributed by atoms with Gasteiger partial charge in [0.25, 0.3) is 0 Å². The molecule has 0 heterocycles. The molecule has 4 fully saturated rings. The molecule has 3 nitrogen and oxygen atoms in total. The molecule has 4 bridgehead atoms. The fraction of sp³-hybridized carbons (Fsp3) is 0.611. The second kappa shape index (κ2) is 4.49. The number of anilines is 1. The third-order valence-electron chi connectivity index (χ3n) is 5.92. The summed E-state index contributed by atoms with van der Waals surface area (Å²) < 4.78 is 0. The molecule has 21 heavy (non-hydrogen) atoms. The summed E-state index contributed by atoms with van der Waals surface area (Å²) in [5.74, 6) is 2.59. The fourth-order valence-corrected chi connectivity index (χ4v) is 5.39. The van der Waals surface area contributed by atoms with E-state index in [-0.39, 0.29) is 17.1 Å². The third-order valence-corrected chi connectivity index (χ3v) is 5.92. The number of phenols is 1. The molecule has 3 heteroatoms. The van der Waals surface area contributed by atoms with Crippen molar-refractivity contribution in [3.05, 3.63) is 23.8 Å². The Labute approximate surface area is 125 Å². The molecule has 1 amide bonds. The van der Waals surface area contributed by atoms with Crippen LogP contribution in [0.1, 0.15) is 44.1 Å². The Morgan fingerprint density at radius 2 is 1.71 bits per heavy atom. The normalized spacial score (nSPS) is 36.7. The van der Waals surface area contributed by atoms with E-state index in [4.69, 9.17) is 0 Å². The van der Waals surface area contributed by atoms with Crippen LogP contribution >= 0.6 is 0 Å². The van der Waals surface area contributed by atoms with E-state index in [9.17, 15) is 9.90 Å². The first-order valence-corrected chi connectivity index (χ1v) is 8.15. The number of carbonyl (C=O) groups excluding carboxylic acids is 1. The Kier molecular flexibility index (Phi) is 2.82. The highest BCUT2D eigenvalue weighted by atomic mass is 16.3. The summed E-state index contributed by atoms with van der Waals surface area (Å²) >= 11 is 0. The lowest BCUT2D eigenvalue weighted by molar-refractivity contribution is -0.140. The standard InChI is InChI=1S/C18H23NO2/c1-11-2-3-15(16(20)4-11)19-17(21)18-8-12-5-13(9-18)7-14(6-12)10-18/h2-4,12-14,20H,5-10H2,1H3,(H,19,21). The van der Waals surface area contributed by atoms with Crippen molar-refractivity contribution >= 4 is 11.6 Å². The summed E-state index contributed by atoms with van der Waals surface area (Å²) in [5.41, 5.74) is 1.40. The van der Waals surface area contributed by atoms with E-state index in [1.165, 1.54) is 19.3 Å². The van der Waals surface area contributed by atoms with Crippen LogP contribution in [-0.2, 0) is 4.79 Å². The minimum absolute atomic E-state index is 0.140. The highest BCUT2D eigenvalue weighted by Crippen LogP contribution is 2.60. The molecule has 5 rings (SSSR count). The molecule has 0 atom stereocenters. The van der Waals surface area contributed by atoms with Crippen molar-refractivity contribution in [2.75, 3.05) is 5.32 Å². The highest BCUT2D eigenvalue weighted by Gasteiger charge is 2.54.